The van der Waals surface area contributed by atoms with Gasteiger partial charge >= 0.3 is 6.18 Å². The van der Waals surface area contributed by atoms with Crippen molar-refractivity contribution < 1.29 is 22.7 Å². The van der Waals surface area contributed by atoms with Crippen LogP contribution in [0.2, 0.25) is 0 Å². The zero-order chi connectivity index (χ0) is 22.0. The standard InChI is InChI=1S/C22H23F3N4O2/c1-2-18-19(29-9-3-4-17(20(29)27-18)22(23,24)25)21(30)26-14-15-5-7-16(8-6-15)28-10-12-31-13-11-28/h3-9H,2,10-14H2,1H3,(H,26,30). The minimum Gasteiger partial charge on any atom is -0.378 e. The third-order valence-corrected chi connectivity index (χ3v) is 5.34. The number of carbonyl (C=O) groups is 1. The maximum Gasteiger partial charge on any atom is 0.419 e. The van der Waals surface area contributed by atoms with Crippen LogP contribution >= 0.6 is 0 Å². The molecule has 31 heavy (non-hydrogen) atoms. The Morgan fingerprint density at radius 3 is 2.52 bits per heavy atom. The molecule has 9 heteroatoms. The van der Waals surface area contributed by atoms with Crippen LogP contribution < -0.4 is 10.2 Å². The van der Waals surface area contributed by atoms with Crippen LogP contribution in [0.1, 0.15) is 34.2 Å². The highest BCUT2D eigenvalue weighted by Gasteiger charge is 2.35. The Bertz CT molecular complexity index is 1070. The Balaban J connectivity index is 1.52. The molecule has 0 bridgehead atoms. The lowest BCUT2D eigenvalue weighted by Crippen LogP contribution is -2.36. The van der Waals surface area contributed by atoms with Gasteiger partial charge in [-0.2, -0.15) is 13.2 Å². The second-order valence-corrected chi connectivity index (χ2v) is 7.32. The number of hydrogen-bond donors (Lipinski definition) is 1. The Morgan fingerprint density at radius 1 is 1.16 bits per heavy atom. The molecule has 0 spiro atoms. The first kappa shape index (κ1) is 21.2. The van der Waals surface area contributed by atoms with Crippen LogP contribution in [-0.4, -0.2) is 41.6 Å². The molecule has 164 valence electrons. The fraction of sp³-hybridized carbons (Fsp3) is 0.364. The van der Waals surface area contributed by atoms with Crippen LogP contribution in [0.5, 0.6) is 0 Å². The molecule has 0 radical (unpaired) electrons. The molecule has 2 aromatic heterocycles. The van der Waals surface area contributed by atoms with E-state index in [0.29, 0.717) is 25.3 Å². The fourth-order valence-electron chi connectivity index (χ4n) is 3.74. The van der Waals surface area contributed by atoms with Crippen molar-refractivity contribution >= 4 is 17.2 Å². The monoisotopic (exact) mass is 432 g/mol. The second kappa shape index (κ2) is 8.58. The average molecular weight is 432 g/mol. The van der Waals surface area contributed by atoms with Crippen LogP contribution in [0.15, 0.2) is 42.6 Å². The van der Waals surface area contributed by atoms with E-state index in [2.05, 4.69) is 15.2 Å². The molecule has 0 aliphatic carbocycles. The zero-order valence-corrected chi connectivity index (χ0v) is 17.1. The van der Waals surface area contributed by atoms with Gasteiger partial charge in [0, 0.05) is 31.5 Å². The highest BCUT2D eigenvalue weighted by Crippen LogP contribution is 2.33. The molecule has 1 aliphatic heterocycles. The molecule has 3 heterocycles. The summed E-state index contributed by atoms with van der Waals surface area (Å²) in [7, 11) is 0. The number of amides is 1. The summed E-state index contributed by atoms with van der Waals surface area (Å²) in [6.07, 6.45) is -2.77. The van der Waals surface area contributed by atoms with Crippen LogP contribution in [0.4, 0.5) is 18.9 Å². The third kappa shape index (κ3) is 4.36. The first-order valence-electron chi connectivity index (χ1n) is 10.2. The smallest absolute Gasteiger partial charge is 0.378 e. The number of pyridine rings is 1. The van der Waals surface area contributed by atoms with E-state index >= 15 is 0 Å². The molecule has 4 rings (SSSR count). The minimum absolute atomic E-state index is 0.133. The highest BCUT2D eigenvalue weighted by atomic mass is 19.4. The van der Waals surface area contributed by atoms with Crippen molar-refractivity contribution in [3.05, 3.63) is 65.1 Å². The van der Waals surface area contributed by atoms with Crippen molar-refractivity contribution in [3.63, 3.8) is 0 Å². The summed E-state index contributed by atoms with van der Waals surface area (Å²) >= 11 is 0. The number of carbonyl (C=O) groups excluding carboxylic acids is 1. The van der Waals surface area contributed by atoms with Gasteiger partial charge in [0.2, 0.25) is 0 Å². The van der Waals surface area contributed by atoms with E-state index in [1.165, 1.54) is 16.7 Å². The van der Waals surface area contributed by atoms with Crippen molar-refractivity contribution in [2.75, 3.05) is 31.2 Å². The number of alkyl halides is 3. The summed E-state index contributed by atoms with van der Waals surface area (Å²) in [6, 6.07) is 10.1. The third-order valence-electron chi connectivity index (χ3n) is 5.34. The van der Waals surface area contributed by atoms with Gasteiger partial charge in [0.25, 0.3) is 5.91 Å². The number of rotatable bonds is 5. The average Bonchev–Trinajstić information content (AvgIpc) is 3.16. The Morgan fingerprint density at radius 2 is 1.87 bits per heavy atom. The van der Waals surface area contributed by atoms with Crippen LogP contribution in [0, 0.1) is 0 Å². The van der Waals surface area contributed by atoms with Gasteiger partial charge in [0.15, 0.2) is 0 Å². The van der Waals surface area contributed by atoms with Gasteiger partial charge in [-0.25, -0.2) is 4.98 Å². The molecule has 0 saturated carbocycles. The Labute approximate surface area is 177 Å². The lowest BCUT2D eigenvalue weighted by atomic mass is 10.1. The van der Waals surface area contributed by atoms with E-state index < -0.39 is 17.6 Å². The summed E-state index contributed by atoms with van der Waals surface area (Å²) in [4.78, 5) is 19.2. The zero-order valence-electron chi connectivity index (χ0n) is 17.1. The summed E-state index contributed by atoms with van der Waals surface area (Å²) in [6.45, 7) is 5.10. The molecule has 1 aliphatic rings. The van der Waals surface area contributed by atoms with E-state index in [1.54, 1.807) is 6.92 Å². The molecule has 1 amide bonds. The van der Waals surface area contributed by atoms with Crippen molar-refractivity contribution in [2.24, 2.45) is 0 Å². The number of nitrogens with zero attached hydrogens (tertiary/aromatic N) is 3. The number of imidazole rings is 1. The molecule has 0 unspecified atom stereocenters. The van der Waals surface area contributed by atoms with Gasteiger partial charge < -0.3 is 15.0 Å². The molecule has 6 nitrogen and oxygen atoms in total. The molecule has 0 atom stereocenters. The molecule has 1 aromatic carbocycles. The van der Waals surface area contributed by atoms with E-state index in [4.69, 9.17) is 4.74 Å². The van der Waals surface area contributed by atoms with Gasteiger partial charge in [0.05, 0.1) is 24.5 Å². The quantitative estimate of drug-likeness (QED) is 0.668. The summed E-state index contributed by atoms with van der Waals surface area (Å²) in [5, 5.41) is 2.81. The molecule has 1 fully saturated rings. The minimum atomic E-state index is -4.55. The number of aryl methyl sites for hydroxylation is 1. The van der Waals surface area contributed by atoms with Gasteiger partial charge in [-0.05, 0) is 36.2 Å². The lowest BCUT2D eigenvalue weighted by molar-refractivity contribution is -0.136. The van der Waals surface area contributed by atoms with E-state index in [9.17, 15) is 18.0 Å². The predicted octanol–water partition coefficient (Wildman–Crippen LogP) is 3.68. The molecule has 3 aromatic rings. The highest BCUT2D eigenvalue weighted by molar-refractivity contribution is 5.94. The normalized spacial score (nSPS) is 14.8. The van der Waals surface area contributed by atoms with Crippen LogP contribution in [0.25, 0.3) is 5.65 Å². The number of benzene rings is 1. The number of aromatic nitrogens is 2. The Kier molecular flexibility index (Phi) is 5.86. The molecule has 1 N–H and O–H groups in total. The second-order valence-electron chi connectivity index (χ2n) is 7.32. The summed E-state index contributed by atoms with van der Waals surface area (Å²) in [5.74, 6) is -0.457. The lowest BCUT2D eigenvalue weighted by Gasteiger charge is -2.28. The number of halogens is 3. The topological polar surface area (TPSA) is 58.9 Å². The van der Waals surface area contributed by atoms with Crippen molar-refractivity contribution in [1.29, 1.82) is 0 Å². The number of nitrogens with one attached hydrogen (secondary N) is 1. The van der Waals surface area contributed by atoms with Crippen LogP contribution in [0.3, 0.4) is 0 Å². The van der Waals surface area contributed by atoms with Gasteiger partial charge in [0.1, 0.15) is 11.3 Å². The SMILES string of the molecule is CCc1nc2c(C(F)(F)F)cccn2c1C(=O)NCc1ccc(N2CCOCC2)cc1. The summed E-state index contributed by atoms with van der Waals surface area (Å²) < 4.78 is 46.6. The molecular formula is C22H23F3N4O2. The number of morpholine rings is 1. The first-order chi connectivity index (χ1) is 14.9. The van der Waals surface area contributed by atoms with Gasteiger partial charge in [-0.15, -0.1) is 0 Å². The largest absolute Gasteiger partial charge is 0.419 e. The maximum absolute atomic E-state index is 13.3. The number of ether oxygens (including phenoxy) is 1. The van der Waals surface area contributed by atoms with Crippen LogP contribution in [-0.2, 0) is 23.9 Å². The first-order valence-corrected chi connectivity index (χ1v) is 10.2. The number of hydrogen-bond acceptors (Lipinski definition) is 4. The van der Waals surface area contributed by atoms with Crippen molar-refractivity contribution in [3.8, 4) is 0 Å². The van der Waals surface area contributed by atoms with Gasteiger partial charge in [-0.1, -0.05) is 19.1 Å². The van der Waals surface area contributed by atoms with Crippen molar-refractivity contribution in [2.45, 2.75) is 26.1 Å². The van der Waals surface area contributed by atoms with Crippen molar-refractivity contribution in [1.82, 2.24) is 14.7 Å². The van der Waals surface area contributed by atoms with E-state index in [1.807, 2.05) is 24.3 Å². The maximum atomic E-state index is 13.3. The Hall–Kier alpha value is -3.07. The predicted molar refractivity (Wildman–Crippen MR) is 110 cm³/mol. The fourth-order valence-corrected chi connectivity index (χ4v) is 3.74. The summed E-state index contributed by atoms with van der Waals surface area (Å²) in [5.41, 5.74) is 1.33. The number of anilines is 1. The molecule has 1 saturated heterocycles. The number of fused-ring (bicyclic) bond motifs is 1. The van der Waals surface area contributed by atoms with E-state index in [0.717, 1.165) is 30.4 Å². The van der Waals surface area contributed by atoms with Gasteiger partial charge in [-0.3, -0.25) is 9.20 Å². The molecular weight excluding hydrogens is 409 g/mol. The van der Waals surface area contributed by atoms with E-state index in [-0.39, 0.29) is 17.9 Å².